The summed E-state index contributed by atoms with van der Waals surface area (Å²) in [7, 11) is 0. The molecule has 0 aliphatic carbocycles. The molecule has 1 aromatic carbocycles. The molecule has 1 aliphatic heterocycles. The molecule has 1 aliphatic rings. The normalized spacial score (nSPS) is 18.4. The van der Waals surface area contributed by atoms with Crippen molar-refractivity contribution in [2.45, 2.75) is 25.2 Å². The molecule has 1 saturated heterocycles. The van der Waals surface area contributed by atoms with Gasteiger partial charge in [-0.25, -0.2) is 0 Å². The van der Waals surface area contributed by atoms with Crippen LogP contribution >= 0.6 is 11.3 Å². The van der Waals surface area contributed by atoms with Gasteiger partial charge in [-0.1, -0.05) is 36.4 Å². The second-order valence-corrected chi connectivity index (χ2v) is 6.31. The third-order valence-corrected chi connectivity index (χ3v) is 4.99. The number of hydrogen-bond donors (Lipinski definition) is 0. The average Bonchev–Trinajstić information content (AvgIpc) is 3.16. The number of likely N-dealkylation sites (tertiary alicyclic amines) is 1. The van der Waals surface area contributed by atoms with Gasteiger partial charge in [-0.15, -0.1) is 11.3 Å². The number of rotatable bonds is 4. The van der Waals surface area contributed by atoms with Crippen LogP contribution in [0.4, 0.5) is 0 Å². The molecule has 20 heavy (non-hydrogen) atoms. The van der Waals surface area contributed by atoms with Gasteiger partial charge in [0.15, 0.2) is 0 Å². The predicted octanol–water partition coefficient (Wildman–Crippen LogP) is 3.70. The highest BCUT2D eigenvalue weighted by molar-refractivity contribution is 7.10. The van der Waals surface area contributed by atoms with Crippen molar-refractivity contribution in [2.24, 2.45) is 0 Å². The Bertz CT molecular complexity index is 550. The number of hydrogen-bond acceptors (Lipinski definition) is 2. The Morgan fingerprint density at radius 1 is 1.20 bits per heavy atom. The summed E-state index contributed by atoms with van der Waals surface area (Å²) in [5.41, 5.74) is 1.25. The minimum absolute atomic E-state index is 0.299. The van der Waals surface area contributed by atoms with Crippen molar-refractivity contribution in [3.05, 3.63) is 58.3 Å². The molecule has 0 spiro atoms. The Morgan fingerprint density at radius 2 is 2.05 bits per heavy atom. The first kappa shape index (κ1) is 13.4. The lowest BCUT2D eigenvalue weighted by molar-refractivity contribution is -0.130. The number of benzene rings is 1. The van der Waals surface area contributed by atoms with Crippen LogP contribution in [0.5, 0.6) is 0 Å². The molecule has 1 fully saturated rings. The van der Waals surface area contributed by atoms with Gasteiger partial charge in [0, 0.05) is 30.3 Å². The van der Waals surface area contributed by atoms with E-state index in [1.165, 1.54) is 10.4 Å². The molecule has 1 amide bonds. The number of thiophene rings is 1. The number of amides is 1. The van der Waals surface area contributed by atoms with Crippen molar-refractivity contribution in [1.82, 2.24) is 4.90 Å². The van der Waals surface area contributed by atoms with Crippen LogP contribution in [0.3, 0.4) is 0 Å². The van der Waals surface area contributed by atoms with E-state index in [1.807, 2.05) is 23.1 Å². The number of nitrogens with zero attached hydrogens (tertiary/aromatic N) is 1. The van der Waals surface area contributed by atoms with Gasteiger partial charge in [-0.05, 0) is 29.9 Å². The molecule has 0 radical (unpaired) electrons. The van der Waals surface area contributed by atoms with E-state index in [0.717, 1.165) is 25.9 Å². The Labute approximate surface area is 124 Å². The van der Waals surface area contributed by atoms with Gasteiger partial charge in [0.25, 0.3) is 0 Å². The average molecular weight is 285 g/mol. The van der Waals surface area contributed by atoms with Crippen LogP contribution in [0, 0.1) is 0 Å². The van der Waals surface area contributed by atoms with Crippen LogP contribution in [0.1, 0.15) is 29.2 Å². The molecular formula is C17H19NOS. The maximum Gasteiger partial charge on any atom is 0.222 e. The zero-order valence-electron chi connectivity index (χ0n) is 11.5. The topological polar surface area (TPSA) is 20.3 Å². The lowest BCUT2D eigenvalue weighted by atomic mass is 10.1. The molecule has 1 atom stereocenters. The summed E-state index contributed by atoms with van der Waals surface area (Å²) in [6.07, 6.45) is 2.58. The third-order valence-electron chi connectivity index (χ3n) is 3.96. The smallest absolute Gasteiger partial charge is 0.222 e. The van der Waals surface area contributed by atoms with Crippen molar-refractivity contribution < 1.29 is 4.79 Å². The summed E-state index contributed by atoms with van der Waals surface area (Å²) < 4.78 is 0. The number of carbonyl (C=O) groups excluding carboxylic acids is 1. The minimum Gasteiger partial charge on any atom is -0.342 e. The summed E-state index contributed by atoms with van der Waals surface area (Å²) in [6.45, 7) is 1.81. The van der Waals surface area contributed by atoms with Crippen molar-refractivity contribution >= 4 is 17.2 Å². The summed E-state index contributed by atoms with van der Waals surface area (Å²) in [5.74, 6) is 0.851. The summed E-state index contributed by atoms with van der Waals surface area (Å²) in [6, 6.07) is 14.5. The van der Waals surface area contributed by atoms with Crippen molar-refractivity contribution in [1.29, 1.82) is 0 Å². The Balaban J connectivity index is 1.51. The molecule has 2 heterocycles. The van der Waals surface area contributed by atoms with E-state index < -0.39 is 0 Å². The van der Waals surface area contributed by atoms with E-state index in [1.54, 1.807) is 11.3 Å². The summed E-state index contributed by atoms with van der Waals surface area (Å²) >= 11 is 1.81. The molecule has 0 bridgehead atoms. The number of carbonyl (C=O) groups is 1. The number of aryl methyl sites for hydroxylation is 1. The van der Waals surface area contributed by atoms with Crippen LogP contribution in [0.2, 0.25) is 0 Å². The molecule has 0 saturated carbocycles. The van der Waals surface area contributed by atoms with Gasteiger partial charge >= 0.3 is 0 Å². The highest BCUT2D eigenvalue weighted by atomic mass is 32.1. The molecule has 2 aromatic rings. The minimum atomic E-state index is 0.299. The van der Waals surface area contributed by atoms with Crippen molar-refractivity contribution in [2.75, 3.05) is 13.1 Å². The van der Waals surface area contributed by atoms with Crippen molar-refractivity contribution in [3.8, 4) is 0 Å². The van der Waals surface area contributed by atoms with E-state index >= 15 is 0 Å². The van der Waals surface area contributed by atoms with Gasteiger partial charge < -0.3 is 4.90 Å². The second kappa shape index (κ2) is 6.23. The maximum atomic E-state index is 12.3. The van der Waals surface area contributed by atoms with Crippen LogP contribution in [-0.2, 0) is 11.2 Å². The largest absolute Gasteiger partial charge is 0.342 e. The van der Waals surface area contributed by atoms with Crippen LogP contribution < -0.4 is 0 Å². The van der Waals surface area contributed by atoms with E-state index in [4.69, 9.17) is 0 Å². The summed E-state index contributed by atoms with van der Waals surface area (Å²) in [5, 5.41) is 2.12. The third kappa shape index (κ3) is 3.10. The van der Waals surface area contributed by atoms with E-state index in [9.17, 15) is 4.79 Å². The summed E-state index contributed by atoms with van der Waals surface area (Å²) in [4.78, 5) is 15.7. The molecule has 104 valence electrons. The fourth-order valence-electron chi connectivity index (χ4n) is 2.80. The van der Waals surface area contributed by atoms with Gasteiger partial charge in [0.2, 0.25) is 5.91 Å². The monoisotopic (exact) mass is 285 g/mol. The lowest BCUT2D eigenvalue weighted by Gasteiger charge is -2.16. The van der Waals surface area contributed by atoms with Gasteiger partial charge in [-0.3, -0.25) is 4.79 Å². The van der Waals surface area contributed by atoms with Gasteiger partial charge in [0.1, 0.15) is 0 Å². The van der Waals surface area contributed by atoms with Gasteiger partial charge in [0.05, 0.1) is 0 Å². The molecular weight excluding hydrogens is 266 g/mol. The SMILES string of the molecule is O=C(CCc1ccccc1)N1CCC(c2cccs2)C1. The first-order valence-electron chi connectivity index (χ1n) is 7.18. The van der Waals surface area contributed by atoms with Crippen LogP contribution in [0.15, 0.2) is 47.8 Å². The van der Waals surface area contributed by atoms with Crippen LogP contribution in [0.25, 0.3) is 0 Å². The molecule has 1 aromatic heterocycles. The zero-order chi connectivity index (χ0) is 13.8. The van der Waals surface area contributed by atoms with E-state index in [2.05, 4.69) is 29.6 Å². The second-order valence-electron chi connectivity index (χ2n) is 5.33. The van der Waals surface area contributed by atoms with Gasteiger partial charge in [-0.2, -0.15) is 0 Å². The fourth-order valence-corrected chi connectivity index (χ4v) is 3.65. The Morgan fingerprint density at radius 3 is 2.80 bits per heavy atom. The standard InChI is InChI=1S/C17H19NOS/c19-17(9-8-14-5-2-1-3-6-14)18-11-10-15(13-18)16-7-4-12-20-16/h1-7,12,15H,8-11,13H2. The first-order chi connectivity index (χ1) is 9.83. The highest BCUT2D eigenvalue weighted by Crippen LogP contribution is 2.30. The van der Waals surface area contributed by atoms with E-state index in [0.29, 0.717) is 18.2 Å². The highest BCUT2D eigenvalue weighted by Gasteiger charge is 2.27. The quantitative estimate of drug-likeness (QED) is 0.839. The van der Waals surface area contributed by atoms with Crippen LogP contribution in [-0.4, -0.2) is 23.9 Å². The molecule has 0 N–H and O–H groups in total. The Hall–Kier alpha value is -1.61. The molecule has 1 unspecified atom stereocenters. The predicted molar refractivity (Wildman–Crippen MR) is 83.0 cm³/mol. The molecule has 3 heteroatoms. The molecule has 3 rings (SSSR count). The van der Waals surface area contributed by atoms with E-state index in [-0.39, 0.29) is 0 Å². The first-order valence-corrected chi connectivity index (χ1v) is 8.06. The molecule has 2 nitrogen and oxygen atoms in total. The Kier molecular flexibility index (Phi) is 4.16. The lowest BCUT2D eigenvalue weighted by Crippen LogP contribution is -2.28. The fraction of sp³-hybridized carbons (Fsp3) is 0.353. The maximum absolute atomic E-state index is 12.3. The van der Waals surface area contributed by atoms with Crippen molar-refractivity contribution in [3.63, 3.8) is 0 Å². The zero-order valence-corrected chi connectivity index (χ0v) is 12.3.